The standard InChI is InChI=1S/C19H17FO6/c20-15-16(26-18(22)13-9-5-2-6-10-13)14(25-19(15)23)11-24-17(21)12-7-3-1-4-8-12/h1-10,14-16,19,23H,11H2/t14-,15?,16?,19+/m0/s1. The quantitative estimate of drug-likeness (QED) is 0.823. The number of aliphatic hydroxyl groups is 1. The third kappa shape index (κ3) is 4.07. The highest BCUT2D eigenvalue weighted by molar-refractivity contribution is 5.90. The average molecular weight is 360 g/mol. The Kier molecular flexibility index (Phi) is 5.60. The van der Waals surface area contributed by atoms with E-state index in [2.05, 4.69) is 0 Å². The summed E-state index contributed by atoms with van der Waals surface area (Å²) in [5.41, 5.74) is 0.557. The molecule has 136 valence electrons. The molecule has 0 amide bonds. The summed E-state index contributed by atoms with van der Waals surface area (Å²) < 4.78 is 29.4. The molecule has 1 heterocycles. The van der Waals surface area contributed by atoms with Gasteiger partial charge in [-0.25, -0.2) is 14.0 Å². The molecule has 1 saturated heterocycles. The van der Waals surface area contributed by atoms with Gasteiger partial charge in [0, 0.05) is 0 Å². The first kappa shape index (κ1) is 18.0. The highest BCUT2D eigenvalue weighted by atomic mass is 19.1. The van der Waals surface area contributed by atoms with Gasteiger partial charge >= 0.3 is 11.9 Å². The second-order valence-electron chi connectivity index (χ2n) is 5.71. The van der Waals surface area contributed by atoms with Crippen LogP contribution in [0.2, 0.25) is 0 Å². The Morgan fingerprint density at radius 1 is 0.962 bits per heavy atom. The molecular weight excluding hydrogens is 343 g/mol. The molecule has 0 bridgehead atoms. The zero-order valence-corrected chi connectivity index (χ0v) is 13.7. The van der Waals surface area contributed by atoms with Crippen LogP contribution in [0.3, 0.4) is 0 Å². The molecule has 1 aliphatic heterocycles. The topological polar surface area (TPSA) is 82.1 Å². The lowest BCUT2D eigenvalue weighted by atomic mass is 10.1. The molecule has 0 spiro atoms. The van der Waals surface area contributed by atoms with E-state index in [4.69, 9.17) is 14.2 Å². The fourth-order valence-electron chi connectivity index (χ4n) is 2.56. The summed E-state index contributed by atoms with van der Waals surface area (Å²) in [5, 5.41) is 9.58. The lowest BCUT2D eigenvalue weighted by molar-refractivity contribution is -0.122. The minimum absolute atomic E-state index is 0.237. The molecule has 6 nitrogen and oxygen atoms in total. The van der Waals surface area contributed by atoms with Crippen molar-refractivity contribution in [2.75, 3.05) is 6.61 Å². The van der Waals surface area contributed by atoms with Gasteiger partial charge in [0.25, 0.3) is 0 Å². The first-order valence-corrected chi connectivity index (χ1v) is 8.02. The molecule has 4 atom stereocenters. The Hall–Kier alpha value is -2.77. The summed E-state index contributed by atoms with van der Waals surface area (Å²) in [7, 11) is 0. The summed E-state index contributed by atoms with van der Waals surface area (Å²) in [6.45, 7) is -0.363. The van der Waals surface area contributed by atoms with E-state index in [0.717, 1.165) is 0 Å². The monoisotopic (exact) mass is 360 g/mol. The van der Waals surface area contributed by atoms with Gasteiger partial charge in [-0.1, -0.05) is 36.4 Å². The van der Waals surface area contributed by atoms with Crippen LogP contribution in [0.4, 0.5) is 4.39 Å². The van der Waals surface area contributed by atoms with Gasteiger partial charge in [0.05, 0.1) is 11.1 Å². The molecule has 1 aliphatic rings. The first-order valence-electron chi connectivity index (χ1n) is 8.02. The summed E-state index contributed by atoms with van der Waals surface area (Å²) in [6.07, 6.45) is -6.20. The third-order valence-corrected chi connectivity index (χ3v) is 3.91. The van der Waals surface area contributed by atoms with Crippen LogP contribution in [0.5, 0.6) is 0 Å². The molecule has 26 heavy (non-hydrogen) atoms. The molecular formula is C19H17FO6. The van der Waals surface area contributed by atoms with Gasteiger partial charge in [-0.3, -0.25) is 0 Å². The van der Waals surface area contributed by atoms with Gasteiger partial charge in [-0.2, -0.15) is 0 Å². The normalized spacial score (nSPS) is 24.8. The molecule has 0 radical (unpaired) electrons. The van der Waals surface area contributed by atoms with E-state index in [-0.39, 0.29) is 12.2 Å². The van der Waals surface area contributed by atoms with Crippen LogP contribution >= 0.6 is 0 Å². The van der Waals surface area contributed by atoms with E-state index in [1.165, 1.54) is 12.1 Å². The number of aliphatic hydroxyl groups excluding tert-OH is 1. The molecule has 2 aromatic carbocycles. The summed E-state index contributed by atoms with van der Waals surface area (Å²) in [5.74, 6) is -1.38. The van der Waals surface area contributed by atoms with Crippen molar-refractivity contribution in [3.8, 4) is 0 Å². The first-order chi connectivity index (χ1) is 12.6. The second-order valence-corrected chi connectivity index (χ2v) is 5.71. The Morgan fingerprint density at radius 3 is 2.08 bits per heavy atom. The smallest absolute Gasteiger partial charge is 0.338 e. The highest BCUT2D eigenvalue weighted by Crippen LogP contribution is 2.26. The number of alkyl halides is 1. The molecule has 0 aliphatic carbocycles. The van der Waals surface area contributed by atoms with Gasteiger partial charge in [-0.15, -0.1) is 0 Å². The minimum Gasteiger partial charge on any atom is -0.459 e. The number of carbonyl (C=O) groups excluding carboxylic acids is 2. The molecule has 0 saturated carbocycles. The SMILES string of the molecule is O=C(OC[C@@H]1O[C@@H](O)C(F)C1OC(=O)c1ccccc1)c1ccccc1. The van der Waals surface area contributed by atoms with E-state index in [1.807, 2.05) is 0 Å². The van der Waals surface area contributed by atoms with Gasteiger partial charge in [-0.05, 0) is 24.3 Å². The Bertz CT molecular complexity index is 751. The predicted molar refractivity (Wildman–Crippen MR) is 88.1 cm³/mol. The van der Waals surface area contributed by atoms with Crippen LogP contribution < -0.4 is 0 Å². The van der Waals surface area contributed by atoms with Crippen LogP contribution in [-0.2, 0) is 14.2 Å². The average Bonchev–Trinajstić information content (AvgIpc) is 2.95. The van der Waals surface area contributed by atoms with Crippen molar-refractivity contribution in [3.63, 3.8) is 0 Å². The van der Waals surface area contributed by atoms with Crippen molar-refractivity contribution in [2.45, 2.75) is 24.7 Å². The maximum absolute atomic E-state index is 14.2. The Balaban J connectivity index is 1.63. The van der Waals surface area contributed by atoms with Crippen molar-refractivity contribution < 1.29 is 33.3 Å². The Labute approximate surface area is 149 Å². The van der Waals surface area contributed by atoms with Crippen molar-refractivity contribution in [2.24, 2.45) is 0 Å². The van der Waals surface area contributed by atoms with E-state index in [9.17, 15) is 19.1 Å². The Morgan fingerprint density at radius 2 is 1.50 bits per heavy atom. The summed E-state index contributed by atoms with van der Waals surface area (Å²) in [6, 6.07) is 16.3. The number of hydrogen-bond acceptors (Lipinski definition) is 6. The zero-order chi connectivity index (χ0) is 18.5. The number of rotatable bonds is 5. The number of ether oxygens (including phenoxy) is 3. The molecule has 3 rings (SSSR count). The van der Waals surface area contributed by atoms with Crippen LogP contribution in [0, 0.1) is 0 Å². The van der Waals surface area contributed by atoms with Crippen LogP contribution in [0.15, 0.2) is 60.7 Å². The van der Waals surface area contributed by atoms with Gasteiger partial charge in [0.15, 0.2) is 18.6 Å². The predicted octanol–water partition coefficient (Wildman–Crippen LogP) is 2.12. The van der Waals surface area contributed by atoms with Crippen molar-refractivity contribution >= 4 is 11.9 Å². The van der Waals surface area contributed by atoms with E-state index in [0.29, 0.717) is 5.56 Å². The van der Waals surface area contributed by atoms with Gasteiger partial charge in [0.2, 0.25) is 0 Å². The van der Waals surface area contributed by atoms with Crippen molar-refractivity contribution in [3.05, 3.63) is 71.8 Å². The fourth-order valence-corrected chi connectivity index (χ4v) is 2.56. The number of hydrogen-bond donors (Lipinski definition) is 1. The molecule has 1 fully saturated rings. The van der Waals surface area contributed by atoms with E-state index >= 15 is 0 Å². The van der Waals surface area contributed by atoms with Crippen LogP contribution in [0.1, 0.15) is 20.7 Å². The molecule has 0 aromatic heterocycles. The van der Waals surface area contributed by atoms with E-state index in [1.54, 1.807) is 48.5 Å². The van der Waals surface area contributed by atoms with Gasteiger partial charge in [0.1, 0.15) is 12.7 Å². The van der Waals surface area contributed by atoms with E-state index < -0.39 is 36.6 Å². The molecule has 7 heteroatoms. The fraction of sp³-hybridized carbons (Fsp3) is 0.263. The molecule has 2 aromatic rings. The highest BCUT2D eigenvalue weighted by Gasteiger charge is 2.47. The minimum atomic E-state index is -1.94. The number of halogens is 1. The number of carbonyl (C=O) groups is 2. The molecule has 2 unspecified atom stereocenters. The number of esters is 2. The van der Waals surface area contributed by atoms with Crippen molar-refractivity contribution in [1.29, 1.82) is 0 Å². The maximum Gasteiger partial charge on any atom is 0.338 e. The summed E-state index contributed by atoms with van der Waals surface area (Å²) >= 11 is 0. The second kappa shape index (κ2) is 8.07. The largest absolute Gasteiger partial charge is 0.459 e. The van der Waals surface area contributed by atoms with Crippen LogP contribution in [0.25, 0.3) is 0 Å². The lowest BCUT2D eigenvalue weighted by Crippen LogP contribution is -2.37. The number of benzene rings is 2. The molecule has 1 N–H and O–H groups in total. The third-order valence-electron chi connectivity index (χ3n) is 3.91. The maximum atomic E-state index is 14.2. The lowest BCUT2D eigenvalue weighted by Gasteiger charge is -2.19. The zero-order valence-electron chi connectivity index (χ0n) is 13.7. The van der Waals surface area contributed by atoms with Gasteiger partial charge < -0.3 is 19.3 Å². The van der Waals surface area contributed by atoms with Crippen molar-refractivity contribution in [1.82, 2.24) is 0 Å². The summed E-state index contributed by atoms with van der Waals surface area (Å²) in [4.78, 5) is 24.1. The van der Waals surface area contributed by atoms with Crippen LogP contribution in [-0.4, -0.2) is 48.3 Å².